The molecule has 5 heteroatoms. The first kappa shape index (κ1) is 14.6. The number of carboxylic acid groups (broad SMARTS) is 1. The second kappa shape index (κ2) is 6.56. The first-order chi connectivity index (χ1) is 10.1. The zero-order valence-corrected chi connectivity index (χ0v) is 11.7. The third-order valence-corrected chi connectivity index (χ3v) is 2.84. The van der Waals surface area contributed by atoms with Gasteiger partial charge >= 0.3 is 5.97 Å². The average Bonchev–Trinajstić information content (AvgIpc) is 2.52. The number of benzene rings is 1. The van der Waals surface area contributed by atoms with Crippen LogP contribution in [0.4, 0.5) is 0 Å². The van der Waals surface area contributed by atoms with Crippen molar-refractivity contribution in [1.29, 1.82) is 0 Å². The lowest BCUT2D eigenvalue weighted by atomic mass is 10.1. The summed E-state index contributed by atoms with van der Waals surface area (Å²) >= 11 is 0. The van der Waals surface area contributed by atoms with Crippen LogP contribution in [-0.2, 0) is 0 Å². The molecular weight excluding hydrogens is 270 g/mol. The smallest absolute Gasteiger partial charge is 0.354 e. The van der Waals surface area contributed by atoms with Crippen molar-refractivity contribution in [3.05, 3.63) is 53.3 Å². The Kier molecular flexibility index (Phi) is 4.56. The molecule has 0 saturated heterocycles. The number of methoxy groups -OCH3 is 2. The summed E-state index contributed by atoms with van der Waals surface area (Å²) in [5.41, 5.74) is 1.49. The van der Waals surface area contributed by atoms with Gasteiger partial charge in [0.05, 0.1) is 19.9 Å². The number of rotatable bonds is 5. The summed E-state index contributed by atoms with van der Waals surface area (Å²) in [5, 5.41) is 8.90. The van der Waals surface area contributed by atoms with E-state index >= 15 is 0 Å². The predicted octanol–water partition coefficient (Wildman–Crippen LogP) is 2.97. The maximum absolute atomic E-state index is 10.9. The van der Waals surface area contributed by atoms with E-state index in [-0.39, 0.29) is 5.69 Å². The third-order valence-electron chi connectivity index (χ3n) is 2.84. The molecule has 0 aliphatic rings. The van der Waals surface area contributed by atoms with E-state index in [9.17, 15) is 4.79 Å². The fourth-order valence-corrected chi connectivity index (χ4v) is 1.80. The Hall–Kier alpha value is -2.82. The molecule has 1 aromatic carbocycles. The zero-order valence-electron chi connectivity index (χ0n) is 11.7. The third kappa shape index (κ3) is 3.60. The molecule has 5 nitrogen and oxygen atoms in total. The molecule has 0 aliphatic carbocycles. The van der Waals surface area contributed by atoms with Gasteiger partial charge in [-0.25, -0.2) is 9.78 Å². The van der Waals surface area contributed by atoms with Crippen LogP contribution in [0.15, 0.2) is 36.4 Å². The highest BCUT2D eigenvalue weighted by Gasteiger charge is 2.04. The van der Waals surface area contributed by atoms with Gasteiger partial charge < -0.3 is 14.6 Å². The SMILES string of the molecule is COc1ccc(C=Cc2cccc(C(=O)O)n2)cc1OC. The first-order valence-electron chi connectivity index (χ1n) is 6.24. The number of ether oxygens (including phenoxy) is 2. The summed E-state index contributed by atoms with van der Waals surface area (Å²) in [6, 6.07) is 10.4. The highest BCUT2D eigenvalue weighted by molar-refractivity contribution is 5.85. The van der Waals surface area contributed by atoms with Crippen molar-refractivity contribution in [2.24, 2.45) is 0 Å². The van der Waals surface area contributed by atoms with Gasteiger partial charge in [0.2, 0.25) is 0 Å². The Morgan fingerprint density at radius 2 is 1.86 bits per heavy atom. The van der Waals surface area contributed by atoms with Gasteiger partial charge in [-0.2, -0.15) is 0 Å². The zero-order chi connectivity index (χ0) is 15.2. The molecule has 2 aromatic rings. The molecule has 0 atom stereocenters. The van der Waals surface area contributed by atoms with E-state index in [1.165, 1.54) is 6.07 Å². The minimum atomic E-state index is -1.05. The molecule has 0 unspecified atom stereocenters. The summed E-state index contributed by atoms with van der Waals surface area (Å²) in [6.45, 7) is 0. The number of hydrogen-bond donors (Lipinski definition) is 1. The lowest BCUT2D eigenvalue weighted by molar-refractivity contribution is 0.0690. The van der Waals surface area contributed by atoms with Crippen molar-refractivity contribution >= 4 is 18.1 Å². The van der Waals surface area contributed by atoms with Crippen molar-refractivity contribution in [3.8, 4) is 11.5 Å². The van der Waals surface area contributed by atoms with E-state index in [1.807, 2.05) is 18.2 Å². The Morgan fingerprint density at radius 3 is 2.52 bits per heavy atom. The number of hydrogen-bond acceptors (Lipinski definition) is 4. The largest absolute Gasteiger partial charge is 0.493 e. The Balaban J connectivity index is 2.25. The number of aromatic carboxylic acids is 1. The average molecular weight is 285 g/mol. The summed E-state index contributed by atoms with van der Waals surface area (Å²) in [6.07, 6.45) is 3.57. The van der Waals surface area contributed by atoms with E-state index in [2.05, 4.69) is 4.98 Å². The fraction of sp³-hybridized carbons (Fsp3) is 0.125. The van der Waals surface area contributed by atoms with Gasteiger partial charge in [0, 0.05) is 0 Å². The van der Waals surface area contributed by atoms with Crippen molar-refractivity contribution in [2.75, 3.05) is 14.2 Å². The second-order valence-corrected chi connectivity index (χ2v) is 4.20. The van der Waals surface area contributed by atoms with Crippen LogP contribution in [-0.4, -0.2) is 30.3 Å². The van der Waals surface area contributed by atoms with Gasteiger partial charge in [-0.05, 0) is 35.9 Å². The first-order valence-corrected chi connectivity index (χ1v) is 6.24. The van der Waals surface area contributed by atoms with Gasteiger partial charge in [0.25, 0.3) is 0 Å². The van der Waals surface area contributed by atoms with E-state index < -0.39 is 5.97 Å². The predicted molar refractivity (Wildman–Crippen MR) is 79.7 cm³/mol. The van der Waals surface area contributed by atoms with E-state index in [1.54, 1.807) is 38.5 Å². The van der Waals surface area contributed by atoms with Crippen molar-refractivity contribution < 1.29 is 19.4 Å². The van der Waals surface area contributed by atoms with Gasteiger partial charge in [-0.15, -0.1) is 0 Å². The summed E-state index contributed by atoms with van der Waals surface area (Å²) in [4.78, 5) is 14.9. The number of aromatic nitrogens is 1. The van der Waals surface area contributed by atoms with E-state index in [0.29, 0.717) is 17.2 Å². The molecule has 108 valence electrons. The molecule has 1 heterocycles. The molecular formula is C16H15NO4. The second-order valence-electron chi connectivity index (χ2n) is 4.20. The van der Waals surface area contributed by atoms with Gasteiger partial charge in [0.1, 0.15) is 5.69 Å². The van der Waals surface area contributed by atoms with Crippen LogP contribution in [0.1, 0.15) is 21.7 Å². The lowest BCUT2D eigenvalue weighted by Crippen LogP contribution is -2.00. The Labute approximate surface area is 122 Å². The van der Waals surface area contributed by atoms with Crippen LogP contribution < -0.4 is 9.47 Å². The maximum atomic E-state index is 10.9. The molecule has 0 aliphatic heterocycles. The highest BCUT2D eigenvalue weighted by atomic mass is 16.5. The summed E-state index contributed by atoms with van der Waals surface area (Å²) in [5.74, 6) is 0.240. The van der Waals surface area contributed by atoms with Crippen molar-refractivity contribution in [1.82, 2.24) is 4.98 Å². The fourth-order valence-electron chi connectivity index (χ4n) is 1.80. The van der Waals surface area contributed by atoms with Crippen molar-refractivity contribution in [2.45, 2.75) is 0 Å². The van der Waals surface area contributed by atoms with Gasteiger partial charge in [-0.3, -0.25) is 0 Å². The number of nitrogens with zero attached hydrogens (tertiary/aromatic N) is 1. The molecule has 2 rings (SSSR count). The molecule has 21 heavy (non-hydrogen) atoms. The van der Waals surface area contributed by atoms with Gasteiger partial charge in [0.15, 0.2) is 11.5 Å². The van der Waals surface area contributed by atoms with Crippen LogP contribution >= 0.6 is 0 Å². The standard InChI is InChI=1S/C16H15NO4/c1-20-14-9-7-11(10-15(14)21-2)6-8-12-4-3-5-13(17-12)16(18)19/h3-10H,1-2H3,(H,18,19). The molecule has 0 spiro atoms. The molecule has 1 aromatic heterocycles. The van der Waals surface area contributed by atoms with E-state index in [4.69, 9.17) is 14.6 Å². The molecule has 0 amide bonds. The normalized spacial score (nSPS) is 10.6. The number of pyridine rings is 1. The van der Waals surface area contributed by atoms with Crippen LogP contribution in [0.5, 0.6) is 11.5 Å². The van der Waals surface area contributed by atoms with Crippen LogP contribution in [0.3, 0.4) is 0 Å². The molecule has 0 fully saturated rings. The van der Waals surface area contributed by atoms with Gasteiger partial charge in [-0.1, -0.05) is 18.2 Å². The minimum Gasteiger partial charge on any atom is -0.493 e. The molecule has 0 saturated carbocycles. The molecule has 0 bridgehead atoms. The number of carbonyl (C=O) groups is 1. The molecule has 0 radical (unpaired) electrons. The Morgan fingerprint density at radius 1 is 1.10 bits per heavy atom. The summed E-state index contributed by atoms with van der Waals surface area (Å²) in [7, 11) is 3.15. The topological polar surface area (TPSA) is 68.7 Å². The Bertz CT molecular complexity index is 680. The molecule has 1 N–H and O–H groups in total. The maximum Gasteiger partial charge on any atom is 0.354 e. The highest BCUT2D eigenvalue weighted by Crippen LogP contribution is 2.28. The number of carboxylic acids is 1. The van der Waals surface area contributed by atoms with Crippen molar-refractivity contribution in [3.63, 3.8) is 0 Å². The summed E-state index contributed by atoms with van der Waals surface area (Å²) < 4.78 is 10.4. The monoisotopic (exact) mass is 285 g/mol. The quantitative estimate of drug-likeness (QED) is 0.914. The van der Waals surface area contributed by atoms with Crippen LogP contribution in [0, 0.1) is 0 Å². The van der Waals surface area contributed by atoms with E-state index in [0.717, 1.165) is 5.56 Å². The minimum absolute atomic E-state index is 0.0180. The van der Waals surface area contributed by atoms with Crippen LogP contribution in [0.25, 0.3) is 12.2 Å². The lowest BCUT2D eigenvalue weighted by Gasteiger charge is -2.07. The van der Waals surface area contributed by atoms with Crippen LogP contribution in [0.2, 0.25) is 0 Å².